The molecular formula is C13H8FN3O2. The summed E-state index contributed by atoms with van der Waals surface area (Å²) in [6.45, 7) is 0. The molecule has 3 aromatic rings. The van der Waals surface area contributed by atoms with Crippen LogP contribution in [0.4, 0.5) is 4.39 Å². The first kappa shape index (κ1) is 11.3. The van der Waals surface area contributed by atoms with Gasteiger partial charge in [0.25, 0.3) is 0 Å². The largest absolute Gasteiger partial charge is 0.478 e. The molecule has 5 nitrogen and oxygen atoms in total. The second-order valence-corrected chi connectivity index (χ2v) is 3.97. The van der Waals surface area contributed by atoms with E-state index >= 15 is 0 Å². The number of pyridine rings is 1. The maximum atomic E-state index is 13.2. The van der Waals surface area contributed by atoms with E-state index in [-0.39, 0.29) is 11.4 Å². The molecule has 0 saturated heterocycles. The molecule has 94 valence electrons. The first-order valence-corrected chi connectivity index (χ1v) is 5.47. The van der Waals surface area contributed by atoms with Crippen LogP contribution in [0.5, 0.6) is 0 Å². The fourth-order valence-electron chi connectivity index (χ4n) is 1.83. The summed E-state index contributed by atoms with van der Waals surface area (Å²) in [5, 5.41) is 8.88. The van der Waals surface area contributed by atoms with Crippen LogP contribution in [-0.4, -0.2) is 25.6 Å². The van der Waals surface area contributed by atoms with Gasteiger partial charge in [-0.3, -0.25) is 4.57 Å². The molecule has 19 heavy (non-hydrogen) atoms. The Hall–Kier alpha value is -2.76. The van der Waals surface area contributed by atoms with Crippen LogP contribution in [0.1, 0.15) is 10.4 Å². The van der Waals surface area contributed by atoms with Gasteiger partial charge in [-0.2, -0.15) is 0 Å². The third kappa shape index (κ3) is 1.93. The number of carboxylic acid groups (broad SMARTS) is 1. The minimum atomic E-state index is -1.06. The van der Waals surface area contributed by atoms with E-state index in [9.17, 15) is 9.18 Å². The van der Waals surface area contributed by atoms with Crippen molar-refractivity contribution in [2.45, 2.75) is 0 Å². The van der Waals surface area contributed by atoms with Crippen molar-refractivity contribution >= 4 is 17.1 Å². The van der Waals surface area contributed by atoms with E-state index in [0.29, 0.717) is 16.9 Å². The number of fused-ring (bicyclic) bond motifs is 1. The highest BCUT2D eigenvalue weighted by molar-refractivity contribution is 5.91. The average molecular weight is 257 g/mol. The number of imidazole rings is 1. The quantitative estimate of drug-likeness (QED) is 0.764. The molecule has 0 atom stereocenters. The molecule has 0 unspecified atom stereocenters. The van der Waals surface area contributed by atoms with Crippen molar-refractivity contribution in [3.8, 4) is 5.69 Å². The molecule has 0 amide bonds. The highest BCUT2D eigenvalue weighted by Crippen LogP contribution is 2.17. The number of benzene rings is 1. The third-order valence-corrected chi connectivity index (χ3v) is 2.72. The minimum Gasteiger partial charge on any atom is -0.478 e. The lowest BCUT2D eigenvalue weighted by atomic mass is 10.2. The van der Waals surface area contributed by atoms with Gasteiger partial charge in [-0.25, -0.2) is 19.2 Å². The fraction of sp³-hybridized carbons (Fsp3) is 0. The van der Waals surface area contributed by atoms with E-state index in [1.54, 1.807) is 16.7 Å². The van der Waals surface area contributed by atoms with E-state index < -0.39 is 5.97 Å². The summed E-state index contributed by atoms with van der Waals surface area (Å²) in [4.78, 5) is 19.0. The number of aromatic carboxylic acids is 1. The highest BCUT2D eigenvalue weighted by Gasteiger charge is 2.10. The summed E-state index contributed by atoms with van der Waals surface area (Å²) < 4.78 is 14.8. The molecule has 1 aromatic carbocycles. The number of carbonyl (C=O) groups is 1. The third-order valence-electron chi connectivity index (χ3n) is 2.72. The molecule has 1 N–H and O–H groups in total. The molecule has 0 aliphatic rings. The number of halogens is 1. The number of hydrogen-bond donors (Lipinski definition) is 1. The molecule has 0 fully saturated rings. The molecule has 0 bridgehead atoms. The lowest BCUT2D eigenvalue weighted by Gasteiger charge is -2.03. The molecule has 0 aliphatic heterocycles. The first-order chi connectivity index (χ1) is 9.15. The maximum Gasteiger partial charge on any atom is 0.337 e. The molecule has 2 heterocycles. The highest BCUT2D eigenvalue weighted by atomic mass is 19.1. The topological polar surface area (TPSA) is 68.0 Å². The Morgan fingerprint density at radius 2 is 2.11 bits per heavy atom. The van der Waals surface area contributed by atoms with Gasteiger partial charge in [0, 0.05) is 6.20 Å². The van der Waals surface area contributed by atoms with Crippen LogP contribution in [-0.2, 0) is 0 Å². The standard InChI is InChI=1S/C13H8FN3O2/c14-9-2-1-3-10(5-9)17-7-16-11-4-8(13(18)19)6-15-12(11)17/h1-7H,(H,18,19). The minimum absolute atomic E-state index is 0.0667. The monoisotopic (exact) mass is 257 g/mol. The van der Waals surface area contributed by atoms with Gasteiger partial charge >= 0.3 is 5.97 Å². The van der Waals surface area contributed by atoms with E-state index in [2.05, 4.69) is 9.97 Å². The number of hydrogen-bond acceptors (Lipinski definition) is 3. The van der Waals surface area contributed by atoms with Gasteiger partial charge in [0.15, 0.2) is 5.65 Å². The maximum absolute atomic E-state index is 13.2. The number of rotatable bonds is 2. The van der Waals surface area contributed by atoms with Crippen molar-refractivity contribution in [3.05, 3.63) is 54.2 Å². The zero-order chi connectivity index (χ0) is 13.4. The van der Waals surface area contributed by atoms with E-state index in [4.69, 9.17) is 5.11 Å². The number of aromatic nitrogens is 3. The summed E-state index contributed by atoms with van der Waals surface area (Å²) >= 11 is 0. The summed E-state index contributed by atoms with van der Waals surface area (Å²) in [5.74, 6) is -1.42. The molecule has 2 aromatic heterocycles. The fourth-order valence-corrected chi connectivity index (χ4v) is 1.83. The molecule has 0 aliphatic carbocycles. The van der Waals surface area contributed by atoms with Gasteiger partial charge in [0.05, 0.1) is 11.3 Å². The van der Waals surface area contributed by atoms with Crippen molar-refractivity contribution in [2.24, 2.45) is 0 Å². The zero-order valence-electron chi connectivity index (χ0n) is 9.62. The predicted octanol–water partition coefficient (Wildman–Crippen LogP) is 2.26. The second kappa shape index (κ2) is 4.16. The molecule has 3 rings (SSSR count). The molecule has 0 spiro atoms. The molecule has 6 heteroatoms. The molecule has 0 saturated carbocycles. The Kier molecular flexibility index (Phi) is 2.49. The average Bonchev–Trinajstić information content (AvgIpc) is 2.81. The van der Waals surface area contributed by atoms with Gasteiger partial charge in [0.2, 0.25) is 0 Å². The lowest BCUT2D eigenvalue weighted by molar-refractivity contribution is 0.0696. The van der Waals surface area contributed by atoms with Crippen LogP contribution in [0.15, 0.2) is 42.9 Å². The Labute approximate surface area is 107 Å². The van der Waals surface area contributed by atoms with Crippen molar-refractivity contribution < 1.29 is 14.3 Å². The summed E-state index contributed by atoms with van der Waals surface area (Å²) in [5.41, 5.74) is 1.58. The summed E-state index contributed by atoms with van der Waals surface area (Å²) in [7, 11) is 0. The van der Waals surface area contributed by atoms with E-state index in [1.165, 1.54) is 30.7 Å². The molecule has 0 radical (unpaired) electrons. The van der Waals surface area contributed by atoms with Crippen LogP contribution < -0.4 is 0 Å². The van der Waals surface area contributed by atoms with Crippen molar-refractivity contribution in [3.63, 3.8) is 0 Å². The van der Waals surface area contributed by atoms with Crippen molar-refractivity contribution in [1.82, 2.24) is 14.5 Å². The normalized spacial score (nSPS) is 10.8. The summed E-state index contributed by atoms with van der Waals surface area (Å²) in [6.07, 6.45) is 2.74. The van der Waals surface area contributed by atoms with Gasteiger partial charge in [-0.1, -0.05) is 6.07 Å². The Morgan fingerprint density at radius 1 is 1.26 bits per heavy atom. The van der Waals surface area contributed by atoms with Crippen LogP contribution in [0.25, 0.3) is 16.9 Å². The van der Waals surface area contributed by atoms with E-state index in [0.717, 1.165) is 0 Å². The molecular weight excluding hydrogens is 249 g/mol. The Morgan fingerprint density at radius 3 is 2.84 bits per heavy atom. The van der Waals surface area contributed by atoms with Crippen LogP contribution >= 0.6 is 0 Å². The van der Waals surface area contributed by atoms with Gasteiger partial charge in [-0.15, -0.1) is 0 Å². The number of nitrogens with zero attached hydrogens (tertiary/aromatic N) is 3. The van der Waals surface area contributed by atoms with Gasteiger partial charge in [-0.05, 0) is 24.3 Å². The smallest absolute Gasteiger partial charge is 0.337 e. The van der Waals surface area contributed by atoms with Gasteiger partial charge in [0.1, 0.15) is 17.7 Å². The Bertz CT molecular complexity index is 782. The number of carboxylic acids is 1. The van der Waals surface area contributed by atoms with Crippen LogP contribution in [0.2, 0.25) is 0 Å². The predicted molar refractivity (Wildman–Crippen MR) is 65.8 cm³/mol. The van der Waals surface area contributed by atoms with Gasteiger partial charge < -0.3 is 5.11 Å². The second-order valence-electron chi connectivity index (χ2n) is 3.97. The lowest BCUT2D eigenvalue weighted by Crippen LogP contribution is -1.99. The summed E-state index contributed by atoms with van der Waals surface area (Å²) in [6, 6.07) is 7.44. The van der Waals surface area contributed by atoms with Crippen molar-refractivity contribution in [2.75, 3.05) is 0 Å². The van der Waals surface area contributed by atoms with Crippen LogP contribution in [0.3, 0.4) is 0 Å². The van der Waals surface area contributed by atoms with E-state index in [1.807, 2.05) is 0 Å². The van der Waals surface area contributed by atoms with Crippen LogP contribution in [0, 0.1) is 5.82 Å². The SMILES string of the molecule is O=C(O)c1cnc2c(c1)ncn2-c1cccc(F)c1. The Balaban J connectivity index is 2.18. The first-order valence-electron chi connectivity index (χ1n) is 5.47. The zero-order valence-corrected chi connectivity index (χ0v) is 9.62. The van der Waals surface area contributed by atoms with Crippen molar-refractivity contribution in [1.29, 1.82) is 0 Å².